The lowest BCUT2D eigenvalue weighted by Crippen LogP contribution is -2.50. The molecule has 0 radical (unpaired) electrons. The third-order valence-corrected chi connectivity index (χ3v) is 3.80. The van der Waals surface area contributed by atoms with E-state index in [-0.39, 0.29) is 11.8 Å². The van der Waals surface area contributed by atoms with Crippen molar-refractivity contribution in [3.8, 4) is 6.07 Å². The normalized spacial score (nSPS) is 13.6. The number of aromatic nitrogens is 1. The summed E-state index contributed by atoms with van der Waals surface area (Å²) in [6, 6.07) is 9.26. The molecular formula is C18H19N3O4. The Morgan fingerprint density at radius 3 is 2.80 bits per heavy atom. The molecule has 0 fully saturated rings. The fourth-order valence-corrected chi connectivity index (χ4v) is 1.91. The fourth-order valence-electron chi connectivity index (χ4n) is 1.91. The molecule has 2 rings (SSSR count). The van der Waals surface area contributed by atoms with Crippen LogP contribution in [0, 0.1) is 17.2 Å². The Morgan fingerprint density at radius 1 is 1.44 bits per heavy atom. The van der Waals surface area contributed by atoms with Crippen molar-refractivity contribution in [1.29, 1.82) is 5.26 Å². The number of ether oxygens (including phenoxy) is 1. The van der Waals surface area contributed by atoms with Crippen molar-refractivity contribution in [1.82, 2.24) is 10.3 Å². The van der Waals surface area contributed by atoms with Crippen molar-refractivity contribution < 1.29 is 18.7 Å². The number of hydrogen-bond acceptors (Lipinski definition) is 6. The minimum absolute atomic E-state index is 0.0868. The van der Waals surface area contributed by atoms with Crippen LogP contribution < -0.4 is 5.32 Å². The van der Waals surface area contributed by atoms with Gasteiger partial charge >= 0.3 is 5.97 Å². The quantitative estimate of drug-likeness (QED) is 0.639. The number of esters is 1. The van der Waals surface area contributed by atoms with Gasteiger partial charge in [0.25, 0.3) is 5.91 Å². The summed E-state index contributed by atoms with van der Waals surface area (Å²) in [6.45, 7) is 4.78. The van der Waals surface area contributed by atoms with Crippen LogP contribution >= 0.6 is 0 Å². The molecule has 7 nitrogen and oxygen atoms in total. The fraction of sp³-hybridized carbons (Fsp3) is 0.333. The average Bonchev–Trinajstić information content (AvgIpc) is 3.00. The number of benzene rings is 1. The number of carbonyl (C=O) groups is 2. The number of hydrogen-bond donors (Lipinski definition) is 1. The highest BCUT2D eigenvalue weighted by molar-refractivity contribution is 5.89. The van der Waals surface area contributed by atoms with E-state index >= 15 is 0 Å². The van der Waals surface area contributed by atoms with E-state index in [4.69, 9.17) is 14.4 Å². The van der Waals surface area contributed by atoms with Gasteiger partial charge < -0.3 is 14.5 Å². The number of nitrogens with one attached hydrogen (secondary N) is 1. The monoisotopic (exact) mass is 341 g/mol. The zero-order valence-corrected chi connectivity index (χ0v) is 14.3. The molecule has 0 spiro atoms. The highest BCUT2D eigenvalue weighted by atomic mass is 16.5. The van der Waals surface area contributed by atoms with Crippen LogP contribution in [-0.4, -0.2) is 29.0 Å². The summed E-state index contributed by atoms with van der Waals surface area (Å²) in [5, 5.41) is 11.7. The zero-order chi connectivity index (χ0) is 18.4. The molecule has 1 heterocycles. The van der Waals surface area contributed by atoms with Gasteiger partial charge in [-0.1, -0.05) is 26.0 Å². The molecule has 0 aliphatic heterocycles. The molecule has 0 bridgehead atoms. The first-order valence-corrected chi connectivity index (χ1v) is 7.77. The molecular weight excluding hydrogens is 322 g/mol. The molecule has 1 aromatic carbocycles. The number of para-hydroxylation sites is 2. The third kappa shape index (κ3) is 4.67. The molecule has 0 aliphatic carbocycles. The summed E-state index contributed by atoms with van der Waals surface area (Å²) in [7, 11) is 0. The Morgan fingerprint density at radius 2 is 2.16 bits per heavy atom. The van der Waals surface area contributed by atoms with Crippen molar-refractivity contribution in [3.63, 3.8) is 0 Å². The van der Waals surface area contributed by atoms with E-state index in [1.807, 2.05) is 32.0 Å². The maximum Gasteiger partial charge on any atom is 0.331 e. The second-order valence-corrected chi connectivity index (χ2v) is 5.98. The van der Waals surface area contributed by atoms with Gasteiger partial charge in [-0.05, 0) is 25.0 Å². The summed E-state index contributed by atoms with van der Waals surface area (Å²) in [6.07, 6.45) is 2.50. The van der Waals surface area contributed by atoms with Gasteiger partial charge in [0, 0.05) is 12.2 Å². The molecule has 1 N–H and O–H groups in total. The SMILES string of the molecule is CC(C)[C@](C)(C#N)NC(=O)COC(=O)/C=C/c1nc2ccccc2o1. The second-order valence-electron chi connectivity index (χ2n) is 5.98. The number of carbonyl (C=O) groups excluding carboxylic acids is 2. The van der Waals surface area contributed by atoms with Crippen LogP contribution in [-0.2, 0) is 14.3 Å². The molecule has 0 saturated heterocycles. The predicted molar refractivity (Wildman–Crippen MR) is 91.0 cm³/mol. The van der Waals surface area contributed by atoms with E-state index in [9.17, 15) is 9.59 Å². The Balaban J connectivity index is 1.88. The predicted octanol–water partition coefficient (Wildman–Crippen LogP) is 2.44. The lowest BCUT2D eigenvalue weighted by atomic mass is 9.90. The molecule has 25 heavy (non-hydrogen) atoms. The Hall–Kier alpha value is -3.14. The van der Waals surface area contributed by atoms with Crippen LogP contribution in [0.25, 0.3) is 17.2 Å². The van der Waals surface area contributed by atoms with Crippen LogP contribution in [0.15, 0.2) is 34.8 Å². The van der Waals surface area contributed by atoms with Gasteiger partial charge in [-0.15, -0.1) is 0 Å². The number of amides is 1. The first-order chi connectivity index (χ1) is 11.8. The highest BCUT2D eigenvalue weighted by Crippen LogP contribution is 2.16. The van der Waals surface area contributed by atoms with Crippen molar-refractivity contribution >= 4 is 29.1 Å². The standard InChI is InChI=1S/C18H19N3O4/c1-12(2)18(3,11-19)21-15(22)10-24-17(23)9-8-16-20-13-6-4-5-7-14(13)25-16/h4-9,12H,10H2,1-3H3,(H,21,22)/b9-8+/t18-/m0/s1. The average molecular weight is 341 g/mol. The van der Waals surface area contributed by atoms with Gasteiger partial charge in [0.05, 0.1) is 6.07 Å². The van der Waals surface area contributed by atoms with Crippen LogP contribution in [0.2, 0.25) is 0 Å². The minimum atomic E-state index is -1.02. The Bertz CT molecular complexity index is 814. The molecule has 0 aliphatic rings. The Kier molecular flexibility index (Phi) is 5.55. The van der Waals surface area contributed by atoms with Crippen molar-refractivity contribution in [3.05, 3.63) is 36.2 Å². The van der Waals surface area contributed by atoms with Crippen molar-refractivity contribution in [2.24, 2.45) is 5.92 Å². The summed E-state index contributed by atoms with van der Waals surface area (Å²) >= 11 is 0. The first kappa shape index (κ1) is 18.2. The molecule has 7 heteroatoms. The highest BCUT2D eigenvalue weighted by Gasteiger charge is 2.30. The Labute approximate surface area is 145 Å². The van der Waals surface area contributed by atoms with E-state index in [2.05, 4.69) is 10.3 Å². The van der Waals surface area contributed by atoms with Crippen LogP contribution in [0.3, 0.4) is 0 Å². The maximum absolute atomic E-state index is 11.8. The lowest BCUT2D eigenvalue weighted by molar-refractivity contribution is -0.144. The maximum atomic E-state index is 11.8. The molecule has 1 amide bonds. The molecule has 0 unspecified atom stereocenters. The molecule has 130 valence electrons. The van der Waals surface area contributed by atoms with Gasteiger partial charge in [-0.2, -0.15) is 5.26 Å². The number of oxazole rings is 1. The van der Waals surface area contributed by atoms with Crippen molar-refractivity contribution in [2.75, 3.05) is 6.61 Å². The van der Waals surface area contributed by atoms with Crippen molar-refractivity contribution in [2.45, 2.75) is 26.3 Å². The topological polar surface area (TPSA) is 105 Å². The number of nitrogens with zero attached hydrogens (tertiary/aromatic N) is 2. The van der Waals surface area contributed by atoms with Gasteiger partial charge in [-0.3, -0.25) is 4.79 Å². The summed E-state index contributed by atoms with van der Waals surface area (Å²) in [4.78, 5) is 27.7. The van der Waals surface area contributed by atoms with Crippen LogP contribution in [0.5, 0.6) is 0 Å². The molecule has 1 aromatic heterocycles. The van der Waals surface area contributed by atoms with Crippen LogP contribution in [0.4, 0.5) is 0 Å². The number of rotatable bonds is 6. The minimum Gasteiger partial charge on any atom is -0.452 e. The second kappa shape index (κ2) is 7.62. The van der Waals surface area contributed by atoms with E-state index in [0.717, 1.165) is 6.08 Å². The molecule has 1 atom stereocenters. The van der Waals surface area contributed by atoms with Crippen LogP contribution in [0.1, 0.15) is 26.7 Å². The summed E-state index contributed by atoms with van der Waals surface area (Å²) < 4.78 is 10.3. The summed E-state index contributed by atoms with van der Waals surface area (Å²) in [5.41, 5.74) is 0.274. The van der Waals surface area contributed by atoms with Gasteiger partial charge in [-0.25, -0.2) is 9.78 Å². The van der Waals surface area contributed by atoms with Gasteiger partial charge in [0.1, 0.15) is 11.1 Å². The lowest BCUT2D eigenvalue weighted by Gasteiger charge is -2.27. The van der Waals surface area contributed by atoms with E-state index in [1.165, 1.54) is 6.08 Å². The third-order valence-electron chi connectivity index (χ3n) is 3.80. The smallest absolute Gasteiger partial charge is 0.331 e. The largest absolute Gasteiger partial charge is 0.452 e. The van der Waals surface area contributed by atoms with E-state index < -0.39 is 24.0 Å². The van der Waals surface area contributed by atoms with Gasteiger partial charge in [0.2, 0.25) is 5.89 Å². The van der Waals surface area contributed by atoms with Gasteiger partial charge in [0.15, 0.2) is 12.2 Å². The first-order valence-electron chi connectivity index (χ1n) is 7.77. The summed E-state index contributed by atoms with van der Waals surface area (Å²) in [5.74, 6) is -1.07. The zero-order valence-electron chi connectivity index (χ0n) is 14.3. The molecule has 0 saturated carbocycles. The number of nitriles is 1. The number of fused-ring (bicyclic) bond motifs is 1. The molecule has 2 aromatic rings. The van der Waals surface area contributed by atoms with E-state index in [1.54, 1.807) is 19.1 Å². The van der Waals surface area contributed by atoms with E-state index in [0.29, 0.717) is 11.1 Å².